The van der Waals surface area contributed by atoms with Crippen LogP contribution in [0.15, 0.2) is 53.8 Å². The van der Waals surface area contributed by atoms with E-state index in [4.69, 9.17) is 21.1 Å². The van der Waals surface area contributed by atoms with Gasteiger partial charge in [0.15, 0.2) is 21.3 Å². The Morgan fingerprint density at radius 2 is 2.03 bits per heavy atom. The van der Waals surface area contributed by atoms with Crippen LogP contribution in [0.25, 0.3) is 11.0 Å². The number of benzene rings is 1. The smallest absolute Gasteiger partial charge is 0.167 e. The molecule has 7 nitrogen and oxygen atoms in total. The van der Waals surface area contributed by atoms with Crippen LogP contribution in [-0.2, 0) is 9.84 Å². The van der Waals surface area contributed by atoms with E-state index >= 15 is 0 Å². The van der Waals surface area contributed by atoms with Crippen molar-refractivity contribution in [3.8, 4) is 11.5 Å². The molecule has 33 heavy (non-hydrogen) atoms. The summed E-state index contributed by atoms with van der Waals surface area (Å²) < 4.78 is 35.6. The van der Waals surface area contributed by atoms with E-state index in [1.165, 1.54) is 6.26 Å². The molecular weight excluding hydrogens is 464 g/mol. The van der Waals surface area contributed by atoms with Crippen LogP contribution in [0.5, 0.6) is 11.5 Å². The number of fused-ring (bicyclic) bond motifs is 1. The van der Waals surface area contributed by atoms with Gasteiger partial charge in [-0.05, 0) is 38.0 Å². The highest BCUT2D eigenvalue weighted by molar-refractivity contribution is 7.91. The number of H-pyrrole nitrogens is 1. The van der Waals surface area contributed by atoms with E-state index in [2.05, 4.69) is 9.97 Å². The SMILES string of the molecule is CCOc1c(OCC2CCC(S(C)(=O)=O)C=C2Cl)cccc1C(O)c1c[nH]c2ncccc12. The molecule has 2 N–H and O–H groups in total. The van der Waals surface area contributed by atoms with Crippen LogP contribution < -0.4 is 9.47 Å². The van der Waals surface area contributed by atoms with Crippen molar-refractivity contribution in [2.75, 3.05) is 19.5 Å². The van der Waals surface area contributed by atoms with Gasteiger partial charge in [-0.25, -0.2) is 13.4 Å². The minimum absolute atomic E-state index is 0.104. The predicted octanol–water partition coefficient (Wildman–Crippen LogP) is 4.37. The monoisotopic (exact) mass is 490 g/mol. The molecule has 0 spiro atoms. The Kier molecular flexibility index (Phi) is 6.97. The van der Waals surface area contributed by atoms with E-state index in [1.54, 1.807) is 24.5 Å². The quantitative estimate of drug-likeness (QED) is 0.486. The van der Waals surface area contributed by atoms with Crippen molar-refractivity contribution in [2.24, 2.45) is 5.92 Å². The molecule has 4 rings (SSSR count). The second-order valence-electron chi connectivity index (χ2n) is 8.16. The van der Waals surface area contributed by atoms with Crippen LogP contribution in [0.1, 0.15) is 37.0 Å². The van der Waals surface area contributed by atoms with Crippen LogP contribution in [0, 0.1) is 5.92 Å². The third-order valence-electron chi connectivity index (χ3n) is 5.90. The molecule has 2 heterocycles. The third-order valence-corrected chi connectivity index (χ3v) is 7.80. The number of pyridine rings is 1. The fourth-order valence-corrected chi connectivity index (χ4v) is 5.48. The van der Waals surface area contributed by atoms with Crippen molar-refractivity contribution in [3.05, 3.63) is 65.0 Å². The lowest BCUT2D eigenvalue weighted by atomic mass is 9.96. The van der Waals surface area contributed by atoms with Gasteiger partial charge in [-0.15, -0.1) is 0 Å². The van der Waals surface area contributed by atoms with Crippen molar-refractivity contribution in [1.29, 1.82) is 0 Å². The number of aliphatic hydroxyl groups is 1. The van der Waals surface area contributed by atoms with Gasteiger partial charge in [-0.3, -0.25) is 0 Å². The highest BCUT2D eigenvalue weighted by Crippen LogP contribution is 2.40. The summed E-state index contributed by atoms with van der Waals surface area (Å²) in [6, 6.07) is 9.13. The second kappa shape index (κ2) is 9.75. The van der Waals surface area contributed by atoms with Gasteiger partial charge in [0, 0.05) is 46.1 Å². The number of ether oxygens (including phenoxy) is 2. The van der Waals surface area contributed by atoms with Crippen molar-refractivity contribution >= 4 is 32.5 Å². The topological polar surface area (TPSA) is 102 Å². The summed E-state index contributed by atoms with van der Waals surface area (Å²) in [5.41, 5.74) is 1.98. The van der Waals surface area contributed by atoms with E-state index in [1.807, 2.05) is 31.2 Å². The molecule has 1 aromatic carbocycles. The van der Waals surface area contributed by atoms with E-state index in [0.29, 0.717) is 52.8 Å². The molecule has 9 heteroatoms. The largest absolute Gasteiger partial charge is 0.490 e. The van der Waals surface area contributed by atoms with Crippen molar-refractivity contribution in [1.82, 2.24) is 9.97 Å². The molecule has 3 unspecified atom stereocenters. The number of aromatic nitrogens is 2. The van der Waals surface area contributed by atoms with Crippen LogP contribution >= 0.6 is 11.6 Å². The standard InChI is InChI=1S/C24H27ClN2O5S/c1-3-31-23-18(22(28)19-13-27-24-17(19)7-5-11-26-24)6-4-8-21(23)32-14-15-9-10-16(12-20(15)25)33(2,29)30/h4-8,11-13,15-16,22,28H,3,9-10,14H2,1-2H3,(H,26,27). The lowest BCUT2D eigenvalue weighted by molar-refractivity contribution is 0.205. The fourth-order valence-electron chi connectivity index (χ4n) is 4.12. The van der Waals surface area contributed by atoms with Crippen LogP contribution in [0.3, 0.4) is 0 Å². The average molecular weight is 491 g/mol. The molecule has 0 bridgehead atoms. The molecule has 0 radical (unpaired) electrons. The number of nitrogens with one attached hydrogen (secondary N) is 1. The lowest BCUT2D eigenvalue weighted by Gasteiger charge is -2.26. The summed E-state index contributed by atoms with van der Waals surface area (Å²) in [4.78, 5) is 7.37. The molecular formula is C24H27ClN2O5S. The van der Waals surface area contributed by atoms with Gasteiger partial charge in [0.1, 0.15) is 11.8 Å². The number of para-hydroxylation sites is 1. The Morgan fingerprint density at radius 3 is 2.76 bits per heavy atom. The lowest BCUT2D eigenvalue weighted by Crippen LogP contribution is -2.26. The Hall–Kier alpha value is -2.55. The molecule has 3 atom stereocenters. The van der Waals surface area contributed by atoms with Gasteiger partial charge in [-0.2, -0.15) is 0 Å². The van der Waals surface area contributed by atoms with Gasteiger partial charge in [0.05, 0.1) is 18.5 Å². The molecule has 0 aliphatic heterocycles. The maximum absolute atomic E-state index is 11.8. The summed E-state index contributed by atoms with van der Waals surface area (Å²) in [5.74, 6) is 0.865. The highest BCUT2D eigenvalue weighted by Gasteiger charge is 2.29. The zero-order chi connectivity index (χ0) is 23.6. The molecule has 1 aliphatic rings. The molecule has 1 aliphatic carbocycles. The van der Waals surface area contributed by atoms with Crippen molar-refractivity contribution < 1.29 is 23.0 Å². The van der Waals surface area contributed by atoms with E-state index < -0.39 is 21.2 Å². The Balaban J connectivity index is 1.58. The van der Waals surface area contributed by atoms with Gasteiger partial charge < -0.3 is 19.6 Å². The third kappa shape index (κ3) is 5.03. The van der Waals surface area contributed by atoms with Crippen molar-refractivity contribution in [3.63, 3.8) is 0 Å². The van der Waals surface area contributed by atoms with E-state index in [0.717, 1.165) is 5.39 Å². The number of halogens is 1. The van der Waals surface area contributed by atoms with Gasteiger partial charge >= 0.3 is 0 Å². The fraction of sp³-hybridized carbons (Fsp3) is 0.375. The summed E-state index contributed by atoms with van der Waals surface area (Å²) >= 11 is 6.39. The first-order valence-corrected chi connectivity index (χ1v) is 13.2. The van der Waals surface area contributed by atoms with Gasteiger partial charge in [0.2, 0.25) is 0 Å². The minimum Gasteiger partial charge on any atom is -0.490 e. The molecule has 0 saturated carbocycles. The number of sulfone groups is 1. The average Bonchev–Trinajstić information content (AvgIpc) is 3.22. The number of nitrogens with zero attached hydrogens (tertiary/aromatic N) is 1. The zero-order valence-electron chi connectivity index (χ0n) is 18.5. The molecule has 176 valence electrons. The molecule has 2 aromatic heterocycles. The first kappa shape index (κ1) is 23.6. The highest BCUT2D eigenvalue weighted by atomic mass is 35.5. The van der Waals surface area contributed by atoms with Crippen LogP contribution in [0.2, 0.25) is 0 Å². The predicted molar refractivity (Wildman–Crippen MR) is 129 cm³/mol. The molecule has 0 amide bonds. The Bertz CT molecular complexity index is 1270. The van der Waals surface area contributed by atoms with E-state index in [9.17, 15) is 13.5 Å². The van der Waals surface area contributed by atoms with Crippen molar-refractivity contribution in [2.45, 2.75) is 31.1 Å². The number of rotatable bonds is 8. The first-order valence-electron chi connectivity index (χ1n) is 10.8. The van der Waals surface area contributed by atoms with E-state index in [-0.39, 0.29) is 12.5 Å². The molecule has 0 saturated heterocycles. The second-order valence-corrected chi connectivity index (χ2v) is 10.9. The van der Waals surface area contributed by atoms with Crippen LogP contribution in [-0.4, -0.2) is 48.2 Å². The zero-order valence-corrected chi connectivity index (χ0v) is 20.1. The normalized spacial score (nSPS) is 19.8. The number of hydrogen-bond donors (Lipinski definition) is 2. The summed E-state index contributed by atoms with van der Waals surface area (Å²) in [6.07, 6.45) is 6.46. The Morgan fingerprint density at radius 1 is 1.21 bits per heavy atom. The minimum atomic E-state index is -3.17. The molecule has 0 fully saturated rings. The summed E-state index contributed by atoms with van der Waals surface area (Å²) in [6.45, 7) is 2.55. The Labute approximate surface area is 198 Å². The maximum Gasteiger partial charge on any atom is 0.167 e. The number of hydrogen-bond acceptors (Lipinski definition) is 6. The molecule has 3 aromatic rings. The number of aliphatic hydroxyl groups excluding tert-OH is 1. The van der Waals surface area contributed by atoms with Gasteiger partial charge in [0.25, 0.3) is 0 Å². The number of aromatic amines is 1. The summed E-state index contributed by atoms with van der Waals surface area (Å²) in [5, 5.41) is 12.0. The summed E-state index contributed by atoms with van der Waals surface area (Å²) in [7, 11) is -3.17. The van der Waals surface area contributed by atoms with Crippen LogP contribution in [0.4, 0.5) is 0 Å². The maximum atomic E-state index is 11.8. The first-order chi connectivity index (χ1) is 15.8. The van der Waals surface area contributed by atoms with Gasteiger partial charge in [-0.1, -0.05) is 29.8 Å².